The predicted octanol–water partition coefficient (Wildman–Crippen LogP) is 1.13. The second-order valence-corrected chi connectivity index (χ2v) is 7.11. The van der Waals surface area contributed by atoms with E-state index in [-0.39, 0.29) is 30.1 Å². The first kappa shape index (κ1) is 17.3. The molecule has 2 aliphatic rings. The minimum Gasteiger partial charge on any atom is -0.387 e. The molecule has 24 heavy (non-hydrogen) atoms. The summed E-state index contributed by atoms with van der Waals surface area (Å²) in [5.74, 6) is -0.366. The van der Waals surface area contributed by atoms with Crippen molar-refractivity contribution in [1.82, 2.24) is 10.2 Å². The van der Waals surface area contributed by atoms with E-state index >= 15 is 0 Å². The molecule has 1 saturated carbocycles. The Morgan fingerprint density at radius 2 is 2.21 bits per heavy atom. The van der Waals surface area contributed by atoms with Crippen molar-refractivity contribution in [3.05, 3.63) is 35.6 Å². The molecule has 1 aliphatic carbocycles. The van der Waals surface area contributed by atoms with Crippen LogP contribution in [0.4, 0.5) is 4.39 Å². The molecule has 6 heteroatoms. The van der Waals surface area contributed by atoms with Crippen LogP contribution in [0.2, 0.25) is 0 Å². The highest BCUT2D eigenvalue weighted by Crippen LogP contribution is 2.47. The van der Waals surface area contributed by atoms with Crippen LogP contribution in [-0.4, -0.2) is 60.9 Å². The molecule has 0 bridgehead atoms. The maximum absolute atomic E-state index is 13.3. The van der Waals surface area contributed by atoms with Crippen LogP contribution in [0.3, 0.4) is 0 Å². The van der Waals surface area contributed by atoms with Gasteiger partial charge >= 0.3 is 0 Å². The molecule has 1 saturated heterocycles. The predicted molar refractivity (Wildman–Crippen MR) is 88.1 cm³/mol. The summed E-state index contributed by atoms with van der Waals surface area (Å²) in [5.41, 5.74) is -0.105. The van der Waals surface area contributed by atoms with Gasteiger partial charge < -0.3 is 15.2 Å². The minimum absolute atomic E-state index is 0.0634. The van der Waals surface area contributed by atoms with Crippen molar-refractivity contribution in [2.24, 2.45) is 5.92 Å². The number of carbonyl (C=O) groups is 1. The first-order valence-electron chi connectivity index (χ1n) is 8.50. The molecule has 1 amide bonds. The molecule has 3 unspecified atom stereocenters. The number of nitrogens with zero attached hydrogens (tertiary/aromatic N) is 1. The Kier molecular flexibility index (Phi) is 5.18. The van der Waals surface area contributed by atoms with Crippen molar-refractivity contribution in [2.45, 2.75) is 24.9 Å². The highest BCUT2D eigenvalue weighted by atomic mass is 19.1. The zero-order chi connectivity index (χ0) is 17.2. The van der Waals surface area contributed by atoms with Crippen LogP contribution in [0.25, 0.3) is 0 Å². The fraction of sp³-hybridized carbons (Fsp3) is 0.611. The molecule has 3 rings (SSSR count). The van der Waals surface area contributed by atoms with Gasteiger partial charge in [-0.25, -0.2) is 4.39 Å². The van der Waals surface area contributed by atoms with Crippen LogP contribution in [0, 0.1) is 11.7 Å². The fourth-order valence-corrected chi connectivity index (χ4v) is 3.30. The quantitative estimate of drug-likeness (QED) is 0.817. The van der Waals surface area contributed by atoms with Crippen molar-refractivity contribution >= 4 is 5.91 Å². The molecule has 2 N–H and O–H groups in total. The topological polar surface area (TPSA) is 61.8 Å². The molecule has 1 aliphatic heterocycles. The standard InChI is InChI=1S/C18H25FN2O3/c1-18(23,12-21-5-7-24-8-6-21)11-20-17(22)16-10-15(16)13-3-2-4-14(19)9-13/h2-4,9,15-16,23H,5-8,10-12H2,1H3,(H,20,22). The maximum Gasteiger partial charge on any atom is 0.223 e. The van der Waals surface area contributed by atoms with Crippen LogP contribution >= 0.6 is 0 Å². The number of carbonyl (C=O) groups excluding carboxylic acids is 1. The van der Waals surface area contributed by atoms with E-state index in [1.807, 2.05) is 6.07 Å². The molecule has 3 atom stereocenters. The Morgan fingerprint density at radius 1 is 1.46 bits per heavy atom. The lowest BCUT2D eigenvalue weighted by atomic mass is 10.1. The Labute approximate surface area is 141 Å². The summed E-state index contributed by atoms with van der Waals surface area (Å²) in [4.78, 5) is 14.4. The lowest BCUT2D eigenvalue weighted by molar-refractivity contribution is -0.123. The van der Waals surface area contributed by atoms with Crippen molar-refractivity contribution in [1.29, 1.82) is 0 Å². The number of aliphatic hydroxyl groups is 1. The largest absolute Gasteiger partial charge is 0.387 e. The first-order valence-corrected chi connectivity index (χ1v) is 8.50. The van der Waals surface area contributed by atoms with E-state index in [2.05, 4.69) is 10.2 Å². The summed E-state index contributed by atoms with van der Waals surface area (Å²) in [6.07, 6.45) is 0.737. The van der Waals surface area contributed by atoms with E-state index in [9.17, 15) is 14.3 Å². The number of nitrogens with one attached hydrogen (secondary N) is 1. The van der Waals surface area contributed by atoms with Gasteiger partial charge in [-0.05, 0) is 37.0 Å². The Balaban J connectivity index is 1.45. The number of β-amino-alcohol motifs (C(OH)–C–C–N with tert-alkyl or cyclic N) is 1. The smallest absolute Gasteiger partial charge is 0.223 e. The molecule has 0 spiro atoms. The van der Waals surface area contributed by atoms with E-state index in [1.165, 1.54) is 12.1 Å². The number of rotatable bonds is 6. The number of ether oxygens (including phenoxy) is 1. The van der Waals surface area contributed by atoms with Crippen LogP contribution < -0.4 is 5.32 Å². The number of amides is 1. The van der Waals surface area contributed by atoms with Gasteiger partial charge in [0, 0.05) is 32.1 Å². The molecule has 2 fully saturated rings. The van der Waals surface area contributed by atoms with Crippen molar-refractivity contribution < 1.29 is 19.0 Å². The van der Waals surface area contributed by atoms with Crippen LogP contribution in [0.5, 0.6) is 0 Å². The number of hydrogen-bond donors (Lipinski definition) is 2. The summed E-state index contributed by atoms with van der Waals surface area (Å²) in [6.45, 7) is 5.42. The van der Waals surface area contributed by atoms with Gasteiger partial charge in [0.25, 0.3) is 0 Å². The van der Waals surface area contributed by atoms with Gasteiger partial charge in [-0.15, -0.1) is 0 Å². The third-order valence-electron chi connectivity index (χ3n) is 4.72. The van der Waals surface area contributed by atoms with Gasteiger partial charge in [0.1, 0.15) is 5.82 Å². The highest BCUT2D eigenvalue weighted by Gasteiger charge is 2.44. The van der Waals surface area contributed by atoms with E-state index in [0.29, 0.717) is 19.8 Å². The van der Waals surface area contributed by atoms with Gasteiger partial charge in [0.15, 0.2) is 0 Å². The van der Waals surface area contributed by atoms with Crippen molar-refractivity contribution in [3.8, 4) is 0 Å². The molecule has 1 aromatic rings. The molecule has 132 valence electrons. The van der Waals surface area contributed by atoms with Gasteiger partial charge in [0.2, 0.25) is 5.91 Å². The number of hydrogen-bond acceptors (Lipinski definition) is 4. The molecule has 1 aromatic carbocycles. The minimum atomic E-state index is -0.976. The van der Waals surface area contributed by atoms with E-state index in [1.54, 1.807) is 13.0 Å². The third-order valence-corrected chi connectivity index (χ3v) is 4.72. The highest BCUT2D eigenvalue weighted by molar-refractivity contribution is 5.82. The van der Waals surface area contributed by atoms with Crippen LogP contribution in [0.15, 0.2) is 24.3 Å². The zero-order valence-electron chi connectivity index (χ0n) is 14.0. The summed E-state index contributed by atoms with van der Waals surface area (Å²) >= 11 is 0. The summed E-state index contributed by atoms with van der Waals surface area (Å²) in [5, 5.41) is 13.3. The van der Waals surface area contributed by atoms with E-state index in [4.69, 9.17) is 4.74 Å². The van der Waals surface area contributed by atoms with Crippen molar-refractivity contribution in [2.75, 3.05) is 39.4 Å². The van der Waals surface area contributed by atoms with Gasteiger partial charge in [-0.2, -0.15) is 0 Å². The first-order chi connectivity index (χ1) is 11.4. The number of morpholine rings is 1. The Morgan fingerprint density at radius 3 is 2.92 bits per heavy atom. The van der Waals surface area contributed by atoms with Crippen LogP contribution in [-0.2, 0) is 9.53 Å². The lowest BCUT2D eigenvalue weighted by Gasteiger charge is -2.33. The molecule has 1 heterocycles. The molecular weight excluding hydrogens is 311 g/mol. The molecule has 0 radical (unpaired) electrons. The van der Waals surface area contributed by atoms with E-state index < -0.39 is 5.60 Å². The molecule has 0 aromatic heterocycles. The average molecular weight is 336 g/mol. The average Bonchev–Trinajstić information content (AvgIpc) is 3.34. The second-order valence-electron chi connectivity index (χ2n) is 7.11. The third kappa shape index (κ3) is 4.53. The van der Waals surface area contributed by atoms with Gasteiger partial charge in [-0.3, -0.25) is 9.69 Å². The second kappa shape index (κ2) is 7.17. The monoisotopic (exact) mass is 336 g/mol. The molecule has 5 nitrogen and oxygen atoms in total. The van der Waals surface area contributed by atoms with Gasteiger partial charge in [-0.1, -0.05) is 12.1 Å². The van der Waals surface area contributed by atoms with Gasteiger partial charge in [0.05, 0.1) is 18.8 Å². The lowest BCUT2D eigenvalue weighted by Crippen LogP contribution is -2.51. The zero-order valence-corrected chi connectivity index (χ0v) is 14.0. The SMILES string of the molecule is CC(O)(CNC(=O)C1CC1c1cccc(F)c1)CN1CCOCC1. The van der Waals surface area contributed by atoms with E-state index in [0.717, 1.165) is 25.1 Å². The van der Waals surface area contributed by atoms with Crippen molar-refractivity contribution in [3.63, 3.8) is 0 Å². The summed E-state index contributed by atoms with van der Waals surface area (Å²) in [7, 11) is 0. The summed E-state index contributed by atoms with van der Waals surface area (Å²) in [6, 6.07) is 6.43. The Hall–Kier alpha value is -1.50. The normalized spacial score (nSPS) is 26.6. The number of benzene rings is 1. The fourth-order valence-electron chi connectivity index (χ4n) is 3.30. The summed E-state index contributed by atoms with van der Waals surface area (Å²) < 4.78 is 18.6. The molecular formula is C18H25FN2O3. The van der Waals surface area contributed by atoms with Crippen LogP contribution in [0.1, 0.15) is 24.8 Å². The Bertz CT molecular complexity index is 587. The number of halogens is 1. The maximum atomic E-state index is 13.3.